The topological polar surface area (TPSA) is 98.7 Å². The minimum absolute atomic E-state index is 0.155. The second-order valence-electron chi connectivity index (χ2n) is 8.78. The van der Waals surface area contributed by atoms with Gasteiger partial charge in [0.15, 0.2) is 0 Å². The molecule has 1 aliphatic rings. The number of benzene rings is 1. The van der Waals surface area contributed by atoms with Crippen molar-refractivity contribution in [3.05, 3.63) is 156 Å². The summed E-state index contributed by atoms with van der Waals surface area (Å²) in [6.45, 7) is 20.0. The molecule has 1 aromatic rings. The van der Waals surface area contributed by atoms with E-state index >= 15 is 0 Å². The average Bonchev–Trinajstić information content (AvgIpc) is 3.23. The molecule has 2 rings (SSSR count). The summed E-state index contributed by atoms with van der Waals surface area (Å²) in [4.78, 5) is 24.5. The smallest absolute Gasteiger partial charge is 0.328 e. The van der Waals surface area contributed by atoms with Crippen molar-refractivity contribution in [2.45, 2.75) is 46.6 Å². The summed E-state index contributed by atoms with van der Waals surface area (Å²) in [6.07, 6.45) is 18.7. The molecule has 1 atom stereocenters. The van der Waals surface area contributed by atoms with E-state index in [-0.39, 0.29) is 23.1 Å². The summed E-state index contributed by atoms with van der Waals surface area (Å²) in [5.41, 5.74) is 4.42. The molecule has 43 heavy (non-hydrogen) atoms. The number of halogens is 1. The molecule has 0 bridgehead atoms. The summed E-state index contributed by atoms with van der Waals surface area (Å²) in [5.74, 6) is -1.56. The Morgan fingerprint density at radius 3 is 2.26 bits per heavy atom. The number of aliphatic hydroxyl groups is 1. The third-order valence-corrected chi connectivity index (χ3v) is 5.93. The molecule has 0 spiro atoms. The van der Waals surface area contributed by atoms with Gasteiger partial charge in [-0.15, -0.1) is 11.6 Å². The molecule has 7 heteroatoms. The van der Waals surface area contributed by atoms with E-state index < -0.39 is 5.97 Å². The lowest BCUT2D eigenvalue weighted by molar-refractivity contribution is -0.131. The highest BCUT2D eigenvalue weighted by Crippen LogP contribution is 2.26. The number of aliphatic hydroxyl groups excluding tert-OH is 1. The zero-order valence-electron chi connectivity index (χ0n) is 25.9. The highest BCUT2D eigenvalue weighted by molar-refractivity contribution is 6.15. The van der Waals surface area contributed by atoms with Crippen molar-refractivity contribution in [1.29, 1.82) is 0 Å². The Labute approximate surface area is 262 Å². The highest BCUT2D eigenvalue weighted by atomic mass is 35.5. The number of alkyl halides is 1. The molecule has 0 radical (unpaired) electrons. The third kappa shape index (κ3) is 13.8. The molecule has 1 aromatic carbocycles. The van der Waals surface area contributed by atoms with Crippen molar-refractivity contribution < 1.29 is 19.8 Å². The van der Waals surface area contributed by atoms with Gasteiger partial charge in [0.2, 0.25) is 0 Å². The first-order valence-electron chi connectivity index (χ1n) is 13.9. The first-order chi connectivity index (χ1) is 20.7. The third-order valence-electron chi connectivity index (χ3n) is 5.93. The van der Waals surface area contributed by atoms with Gasteiger partial charge < -0.3 is 20.8 Å². The van der Waals surface area contributed by atoms with Crippen molar-refractivity contribution >= 4 is 23.5 Å². The zero-order chi connectivity index (χ0) is 32.8. The van der Waals surface area contributed by atoms with Gasteiger partial charge in [0.1, 0.15) is 0 Å². The van der Waals surface area contributed by atoms with E-state index in [2.05, 4.69) is 42.0 Å². The van der Waals surface area contributed by atoms with Crippen LogP contribution in [0.25, 0.3) is 0 Å². The predicted octanol–water partition coefficient (Wildman–Crippen LogP) is 8.71. The Morgan fingerprint density at radius 2 is 1.67 bits per heavy atom. The van der Waals surface area contributed by atoms with Gasteiger partial charge in [-0.3, -0.25) is 4.79 Å². The Hall–Kier alpha value is -4.55. The van der Waals surface area contributed by atoms with Crippen LogP contribution in [-0.2, 0) is 9.59 Å². The lowest BCUT2D eigenvalue weighted by atomic mass is 9.95. The molecule has 1 aliphatic carbocycles. The lowest BCUT2D eigenvalue weighted by Gasteiger charge is -2.18. The number of carboxylic acid groups (broad SMARTS) is 1. The first kappa shape index (κ1) is 38.5. The fourth-order valence-electron chi connectivity index (χ4n) is 3.77. The predicted molar refractivity (Wildman–Crippen MR) is 182 cm³/mol. The Bertz CT molecular complexity index is 1330. The maximum absolute atomic E-state index is 12.8. The molecule has 0 heterocycles. The number of carbonyl (C=O) groups excluding carboxylic acids is 1. The Morgan fingerprint density at radius 1 is 1.05 bits per heavy atom. The zero-order valence-corrected chi connectivity index (χ0v) is 26.6. The van der Waals surface area contributed by atoms with Gasteiger partial charge in [-0.2, -0.15) is 0 Å². The van der Waals surface area contributed by atoms with Gasteiger partial charge in [-0.1, -0.05) is 95.1 Å². The molecule has 0 saturated carbocycles. The van der Waals surface area contributed by atoms with Crippen LogP contribution in [0.4, 0.5) is 0 Å². The van der Waals surface area contributed by atoms with Crippen LogP contribution in [0.5, 0.6) is 0 Å². The van der Waals surface area contributed by atoms with Gasteiger partial charge in [0.05, 0.1) is 12.3 Å². The minimum Gasteiger partial charge on any atom is -0.516 e. The van der Waals surface area contributed by atoms with Crippen LogP contribution < -0.4 is 10.6 Å². The molecule has 0 saturated heterocycles. The molecular formula is C36H45ClN2O4. The van der Waals surface area contributed by atoms with Crippen LogP contribution in [0.2, 0.25) is 0 Å². The van der Waals surface area contributed by atoms with Gasteiger partial charge in [-0.25, -0.2) is 4.79 Å². The summed E-state index contributed by atoms with van der Waals surface area (Å²) >= 11 is 4.64. The molecule has 0 aliphatic heterocycles. The number of carbonyl (C=O) groups is 2. The maximum atomic E-state index is 12.8. The fourth-order valence-corrected chi connectivity index (χ4v) is 3.77. The summed E-state index contributed by atoms with van der Waals surface area (Å²) in [5, 5.41) is 25.0. The van der Waals surface area contributed by atoms with Crippen LogP contribution >= 0.6 is 11.6 Å². The van der Waals surface area contributed by atoms with Crippen LogP contribution in [0, 0.1) is 0 Å². The summed E-state index contributed by atoms with van der Waals surface area (Å²) in [6, 6.07) is 9.43. The molecule has 0 fully saturated rings. The molecule has 4 N–H and O–H groups in total. The number of nitrogens with one attached hydrogen (secondary N) is 2. The van der Waals surface area contributed by atoms with E-state index in [1.807, 2.05) is 82.3 Å². The van der Waals surface area contributed by atoms with E-state index in [1.165, 1.54) is 24.6 Å². The molecule has 230 valence electrons. The number of hydrogen-bond donors (Lipinski definition) is 4. The van der Waals surface area contributed by atoms with E-state index in [0.717, 1.165) is 35.6 Å². The van der Waals surface area contributed by atoms with E-state index in [9.17, 15) is 19.8 Å². The highest BCUT2D eigenvalue weighted by Gasteiger charge is 2.15. The number of hydrogen-bond acceptors (Lipinski definition) is 4. The van der Waals surface area contributed by atoms with Gasteiger partial charge >= 0.3 is 5.97 Å². The molecular weight excluding hydrogens is 560 g/mol. The van der Waals surface area contributed by atoms with Crippen LogP contribution in [0.15, 0.2) is 150 Å². The molecule has 0 aromatic heterocycles. The van der Waals surface area contributed by atoms with Crippen molar-refractivity contribution in [3.8, 4) is 0 Å². The average molecular weight is 605 g/mol. The monoisotopic (exact) mass is 604 g/mol. The molecule has 6 nitrogen and oxygen atoms in total. The fraction of sp³-hybridized carbons (Fsp3) is 0.222. The number of rotatable bonds is 13. The Kier molecular flexibility index (Phi) is 19.8. The van der Waals surface area contributed by atoms with E-state index in [1.54, 1.807) is 6.08 Å². The van der Waals surface area contributed by atoms with Crippen molar-refractivity contribution in [1.82, 2.24) is 10.6 Å². The summed E-state index contributed by atoms with van der Waals surface area (Å²) in [7, 11) is 0. The second kappa shape index (κ2) is 22.1. The lowest BCUT2D eigenvalue weighted by Crippen LogP contribution is -2.28. The number of amides is 1. The van der Waals surface area contributed by atoms with Crippen molar-refractivity contribution in [3.63, 3.8) is 0 Å². The quantitative estimate of drug-likeness (QED) is 0.0781. The normalized spacial score (nSPS) is 13.7. The number of carboxylic acids is 1. The SMILES string of the molecule is C=C(/C=C\C(=C\C(=O)O)C(=C)/C(=C\C=C\O)C(=C)NC1=C(C)C=CCC=C1)C(=O)N[C@H](CC)c1ccccc1.CC.CCl. The van der Waals surface area contributed by atoms with Gasteiger partial charge in [-0.05, 0) is 66.4 Å². The molecule has 0 unspecified atom stereocenters. The van der Waals surface area contributed by atoms with Gasteiger partial charge in [0.25, 0.3) is 5.91 Å². The van der Waals surface area contributed by atoms with Gasteiger partial charge in [0, 0.05) is 35.0 Å². The van der Waals surface area contributed by atoms with Crippen molar-refractivity contribution in [2.75, 3.05) is 6.38 Å². The number of allylic oxidation sites excluding steroid dienone is 10. The number of aliphatic carboxylic acids is 1. The van der Waals surface area contributed by atoms with E-state index in [0.29, 0.717) is 23.3 Å². The van der Waals surface area contributed by atoms with Crippen LogP contribution in [0.1, 0.15) is 52.1 Å². The molecule has 1 amide bonds. The minimum atomic E-state index is -1.19. The summed E-state index contributed by atoms with van der Waals surface area (Å²) < 4.78 is 0. The standard InChI is InChI=1S/C33H36N2O4.C2H6.CH3Cl/c1-6-30(27-15-10-8-11-16-27)35-33(39)24(3)19-20-28(22-32(37)38)25(4)29(17-13-21-36)26(5)34-31-18-12-7-9-14-23(31)2;2*1-2/h8-22,30,34,36H,3-7H2,1-2H3,(H,35,39)(H,37,38);1-2H3;1H3/b20-19-,21-13+,28-22-,29-17+;;/t30-;;/m1../s1. The van der Waals surface area contributed by atoms with Crippen molar-refractivity contribution in [2.24, 2.45) is 0 Å². The second-order valence-corrected chi connectivity index (χ2v) is 8.78. The first-order valence-corrected chi connectivity index (χ1v) is 14.7. The largest absolute Gasteiger partial charge is 0.516 e. The Balaban J connectivity index is 0.00000422. The van der Waals surface area contributed by atoms with Crippen LogP contribution in [-0.4, -0.2) is 28.5 Å². The maximum Gasteiger partial charge on any atom is 0.328 e. The van der Waals surface area contributed by atoms with E-state index in [4.69, 9.17) is 0 Å². The van der Waals surface area contributed by atoms with Crippen LogP contribution in [0.3, 0.4) is 0 Å².